The summed E-state index contributed by atoms with van der Waals surface area (Å²) in [5.74, 6) is 0.264. The highest BCUT2D eigenvalue weighted by Gasteiger charge is 2.14. The largest absolute Gasteiger partial charge is 0.355 e. The van der Waals surface area contributed by atoms with Crippen molar-refractivity contribution in [3.8, 4) is 0 Å². The third-order valence-electron chi connectivity index (χ3n) is 3.90. The second-order valence-electron chi connectivity index (χ2n) is 5.56. The van der Waals surface area contributed by atoms with Gasteiger partial charge in [-0.1, -0.05) is 11.8 Å². The lowest BCUT2D eigenvalue weighted by atomic mass is 10.2. The zero-order chi connectivity index (χ0) is 18.7. The van der Waals surface area contributed by atoms with Crippen LogP contribution in [0.2, 0.25) is 0 Å². The monoisotopic (exact) mass is 397 g/mol. The molecule has 0 bridgehead atoms. The Hall–Kier alpha value is -2.07. The number of imidazole rings is 1. The molecule has 1 N–H and O–H groups in total. The van der Waals surface area contributed by atoms with Crippen molar-refractivity contribution in [3.05, 3.63) is 35.0 Å². The number of carbonyl (C=O) groups excluding carboxylic acids is 1. The number of alkyl halides is 2. The van der Waals surface area contributed by atoms with Crippen LogP contribution in [0.4, 0.5) is 8.78 Å². The number of carbonyl (C=O) groups is 1. The molecule has 0 atom stereocenters. The van der Waals surface area contributed by atoms with Gasteiger partial charge in [0.05, 0.1) is 5.75 Å². The van der Waals surface area contributed by atoms with Crippen molar-refractivity contribution in [1.82, 2.24) is 24.8 Å². The summed E-state index contributed by atoms with van der Waals surface area (Å²) >= 11 is 2.95. The molecule has 3 rings (SSSR count). The Morgan fingerprint density at radius 3 is 2.92 bits per heavy atom. The fraction of sp³-hybridized carbons (Fsp3) is 0.375. The highest BCUT2D eigenvalue weighted by molar-refractivity contribution is 8.00. The molecule has 138 valence electrons. The first-order chi connectivity index (χ1) is 12.5. The molecule has 0 aromatic carbocycles. The molecule has 10 heteroatoms. The van der Waals surface area contributed by atoms with E-state index in [2.05, 4.69) is 20.3 Å². The van der Waals surface area contributed by atoms with Crippen LogP contribution >= 0.6 is 23.1 Å². The van der Waals surface area contributed by atoms with Crippen molar-refractivity contribution in [2.24, 2.45) is 0 Å². The van der Waals surface area contributed by atoms with Gasteiger partial charge in [0.2, 0.25) is 5.91 Å². The summed E-state index contributed by atoms with van der Waals surface area (Å²) in [7, 11) is 0. The van der Waals surface area contributed by atoms with Gasteiger partial charge >= 0.3 is 6.55 Å². The Labute approximate surface area is 157 Å². The zero-order valence-corrected chi connectivity index (χ0v) is 15.8. The lowest BCUT2D eigenvalue weighted by Gasteiger charge is -2.08. The number of amides is 1. The standard InChI is InChI=1S/C16H17F2N5OS2/c1-9-10(2)26-15-13(9)14(21-8-22-15)25-7-12(24)20-4-3-11-19-5-6-23(11)16(17)18/h5-6,8,16H,3-4,7H2,1-2H3,(H,20,24). The van der Waals surface area contributed by atoms with Gasteiger partial charge in [0.1, 0.15) is 22.0 Å². The van der Waals surface area contributed by atoms with E-state index in [1.807, 2.05) is 13.8 Å². The number of thiophene rings is 1. The first-order valence-electron chi connectivity index (χ1n) is 7.87. The number of halogens is 2. The molecule has 0 aliphatic rings. The van der Waals surface area contributed by atoms with Crippen LogP contribution in [0, 0.1) is 13.8 Å². The highest BCUT2D eigenvalue weighted by atomic mass is 32.2. The van der Waals surface area contributed by atoms with E-state index in [0.29, 0.717) is 0 Å². The fourth-order valence-electron chi connectivity index (χ4n) is 2.47. The smallest absolute Gasteiger partial charge is 0.319 e. The normalized spacial score (nSPS) is 11.4. The number of fused-ring (bicyclic) bond motifs is 1. The summed E-state index contributed by atoms with van der Waals surface area (Å²) in [6.45, 7) is 1.67. The lowest BCUT2D eigenvalue weighted by Crippen LogP contribution is -2.28. The first-order valence-corrected chi connectivity index (χ1v) is 9.67. The number of hydrogen-bond acceptors (Lipinski definition) is 6. The number of hydrogen-bond donors (Lipinski definition) is 1. The van der Waals surface area contributed by atoms with Gasteiger partial charge in [-0.15, -0.1) is 11.3 Å². The summed E-state index contributed by atoms with van der Waals surface area (Å²) in [4.78, 5) is 26.6. The summed E-state index contributed by atoms with van der Waals surface area (Å²) < 4.78 is 26.3. The number of nitrogens with one attached hydrogen (secondary N) is 1. The van der Waals surface area contributed by atoms with Crippen LogP contribution in [-0.2, 0) is 11.2 Å². The minimum atomic E-state index is -2.63. The van der Waals surface area contributed by atoms with Gasteiger partial charge in [0, 0.05) is 35.6 Å². The molecular weight excluding hydrogens is 380 g/mol. The average molecular weight is 397 g/mol. The second-order valence-corrected chi connectivity index (χ2v) is 7.73. The van der Waals surface area contributed by atoms with Crippen LogP contribution in [0.1, 0.15) is 22.8 Å². The van der Waals surface area contributed by atoms with Gasteiger partial charge in [0.15, 0.2) is 0 Å². The third-order valence-corrected chi connectivity index (χ3v) is 6.01. The van der Waals surface area contributed by atoms with Gasteiger partial charge in [-0.05, 0) is 19.4 Å². The van der Waals surface area contributed by atoms with Gasteiger partial charge in [-0.2, -0.15) is 8.78 Å². The van der Waals surface area contributed by atoms with E-state index in [9.17, 15) is 13.6 Å². The maximum absolute atomic E-state index is 12.7. The van der Waals surface area contributed by atoms with Crippen LogP contribution in [0.5, 0.6) is 0 Å². The third kappa shape index (κ3) is 4.01. The van der Waals surface area contributed by atoms with Crippen molar-refractivity contribution in [1.29, 1.82) is 0 Å². The number of nitrogens with zero attached hydrogens (tertiary/aromatic N) is 4. The molecule has 0 aliphatic carbocycles. The zero-order valence-electron chi connectivity index (χ0n) is 14.2. The molecule has 1 amide bonds. The highest BCUT2D eigenvalue weighted by Crippen LogP contribution is 2.34. The van der Waals surface area contributed by atoms with E-state index < -0.39 is 6.55 Å². The van der Waals surface area contributed by atoms with Crippen LogP contribution in [0.15, 0.2) is 23.7 Å². The number of aromatic nitrogens is 4. The molecule has 26 heavy (non-hydrogen) atoms. The minimum absolute atomic E-state index is 0.179. The minimum Gasteiger partial charge on any atom is -0.355 e. The van der Waals surface area contributed by atoms with E-state index in [0.717, 1.165) is 25.4 Å². The molecule has 3 aromatic rings. The Balaban J connectivity index is 1.54. The fourth-order valence-corrected chi connectivity index (χ4v) is 4.42. The maximum atomic E-state index is 12.7. The van der Waals surface area contributed by atoms with Gasteiger partial charge in [-0.25, -0.2) is 15.0 Å². The number of rotatable bonds is 7. The van der Waals surface area contributed by atoms with E-state index in [-0.39, 0.29) is 30.5 Å². The van der Waals surface area contributed by atoms with Crippen LogP contribution in [0.3, 0.4) is 0 Å². The molecule has 3 heterocycles. The molecule has 0 radical (unpaired) electrons. The summed E-state index contributed by atoms with van der Waals surface area (Å²) in [5, 5.41) is 4.50. The van der Waals surface area contributed by atoms with Crippen molar-refractivity contribution >= 4 is 39.2 Å². The molecule has 0 saturated carbocycles. The number of aryl methyl sites for hydroxylation is 2. The van der Waals surface area contributed by atoms with Crippen molar-refractivity contribution in [2.45, 2.75) is 31.8 Å². The van der Waals surface area contributed by atoms with E-state index in [1.54, 1.807) is 11.3 Å². The number of thioether (sulfide) groups is 1. The maximum Gasteiger partial charge on any atom is 0.319 e. The SMILES string of the molecule is Cc1sc2ncnc(SCC(=O)NCCc3nccn3C(F)F)c2c1C. The average Bonchev–Trinajstić information content (AvgIpc) is 3.18. The molecule has 6 nitrogen and oxygen atoms in total. The summed E-state index contributed by atoms with van der Waals surface area (Å²) in [6.07, 6.45) is 4.30. The second kappa shape index (κ2) is 8.09. The van der Waals surface area contributed by atoms with Crippen LogP contribution in [0.25, 0.3) is 10.2 Å². The van der Waals surface area contributed by atoms with Crippen molar-refractivity contribution < 1.29 is 13.6 Å². The van der Waals surface area contributed by atoms with E-state index in [4.69, 9.17) is 0 Å². The van der Waals surface area contributed by atoms with E-state index >= 15 is 0 Å². The molecular formula is C16H17F2N5OS2. The van der Waals surface area contributed by atoms with Gasteiger partial charge < -0.3 is 5.32 Å². The van der Waals surface area contributed by atoms with Crippen LogP contribution in [-0.4, -0.2) is 37.7 Å². The quantitative estimate of drug-likeness (QED) is 0.489. The Bertz CT molecular complexity index is 925. The molecule has 0 aliphatic heterocycles. The molecule has 0 spiro atoms. The van der Waals surface area contributed by atoms with Crippen LogP contribution < -0.4 is 5.32 Å². The molecule has 0 saturated heterocycles. The Kier molecular flexibility index (Phi) is 5.82. The predicted molar refractivity (Wildman–Crippen MR) is 97.8 cm³/mol. The molecule has 0 unspecified atom stereocenters. The van der Waals surface area contributed by atoms with Gasteiger partial charge in [0.25, 0.3) is 0 Å². The predicted octanol–water partition coefficient (Wildman–Crippen LogP) is 3.35. The van der Waals surface area contributed by atoms with Crippen molar-refractivity contribution in [3.63, 3.8) is 0 Å². The lowest BCUT2D eigenvalue weighted by molar-refractivity contribution is -0.118. The molecule has 0 fully saturated rings. The van der Waals surface area contributed by atoms with Crippen molar-refractivity contribution in [2.75, 3.05) is 12.3 Å². The summed E-state index contributed by atoms with van der Waals surface area (Å²) in [5.41, 5.74) is 1.13. The Morgan fingerprint density at radius 1 is 1.35 bits per heavy atom. The summed E-state index contributed by atoms with van der Waals surface area (Å²) in [6, 6.07) is 0. The Morgan fingerprint density at radius 2 is 2.15 bits per heavy atom. The van der Waals surface area contributed by atoms with E-state index in [1.165, 1.54) is 35.4 Å². The topological polar surface area (TPSA) is 72.7 Å². The first kappa shape index (κ1) is 18.7. The van der Waals surface area contributed by atoms with Gasteiger partial charge in [-0.3, -0.25) is 9.36 Å². The molecule has 3 aromatic heterocycles.